The Hall–Kier alpha value is -2.94. The van der Waals surface area contributed by atoms with Crippen molar-refractivity contribution < 1.29 is 14.2 Å². The number of aromatic nitrogens is 4. The first-order chi connectivity index (χ1) is 12.7. The fourth-order valence-electron chi connectivity index (χ4n) is 2.52. The van der Waals surface area contributed by atoms with Gasteiger partial charge >= 0.3 is 0 Å². The zero-order chi connectivity index (χ0) is 18.5. The number of para-hydroxylation sites is 1. The maximum absolute atomic E-state index is 5.54. The number of rotatable bonds is 7. The summed E-state index contributed by atoms with van der Waals surface area (Å²) in [7, 11) is 4.78. The molecule has 0 saturated carbocycles. The van der Waals surface area contributed by atoms with Gasteiger partial charge in [-0.15, -0.1) is 10.2 Å². The summed E-state index contributed by atoms with van der Waals surface area (Å²) in [5.41, 5.74) is 1.29. The van der Waals surface area contributed by atoms with Gasteiger partial charge in [-0.3, -0.25) is 9.29 Å². The third-order valence-corrected chi connectivity index (χ3v) is 4.03. The molecular formula is C17H19N5O3S. The van der Waals surface area contributed by atoms with Gasteiger partial charge in [-0.25, -0.2) is 4.98 Å². The van der Waals surface area contributed by atoms with Gasteiger partial charge in [0.15, 0.2) is 5.82 Å². The second-order valence-corrected chi connectivity index (χ2v) is 5.68. The molecule has 0 atom stereocenters. The van der Waals surface area contributed by atoms with Gasteiger partial charge in [0, 0.05) is 12.3 Å². The van der Waals surface area contributed by atoms with Crippen molar-refractivity contribution in [3.8, 4) is 34.6 Å². The lowest BCUT2D eigenvalue weighted by atomic mass is 10.2. The van der Waals surface area contributed by atoms with Gasteiger partial charge in [-0.1, -0.05) is 24.1 Å². The molecule has 2 aromatic heterocycles. The molecule has 2 heterocycles. The zero-order valence-electron chi connectivity index (χ0n) is 14.9. The van der Waals surface area contributed by atoms with Crippen molar-refractivity contribution in [2.75, 3.05) is 32.3 Å². The SMILES string of the molecule is COc1cccc(-c2nnc(NSC)n2-c2c(OC)cccc2OC)n1. The van der Waals surface area contributed by atoms with E-state index in [0.29, 0.717) is 40.5 Å². The predicted octanol–water partition coefficient (Wildman–Crippen LogP) is 3.05. The van der Waals surface area contributed by atoms with Crippen molar-refractivity contribution in [3.63, 3.8) is 0 Å². The summed E-state index contributed by atoms with van der Waals surface area (Å²) < 4.78 is 21.3. The van der Waals surface area contributed by atoms with E-state index in [1.165, 1.54) is 11.9 Å². The average molecular weight is 373 g/mol. The van der Waals surface area contributed by atoms with E-state index in [1.54, 1.807) is 27.4 Å². The number of nitrogens with one attached hydrogen (secondary N) is 1. The normalized spacial score (nSPS) is 10.5. The highest BCUT2D eigenvalue weighted by atomic mass is 32.2. The monoisotopic (exact) mass is 373 g/mol. The van der Waals surface area contributed by atoms with Gasteiger partial charge < -0.3 is 14.2 Å². The van der Waals surface area contributed by atoms with Crippen molar-refractivity contribution >= 4 is 17.9 Å². The van der Waals surface area contributed by atoms with Gasteiger partial charge in [0.2, 0.25) is 11.8 Å². The number of hydrogen-bond donors (Lipinski definition) is 1. The molecule has 0 aliphatic heterocycles. The Morgan fingerprint density at radius 2 is 1.62 bits per heavy atom. The van der Waals surface area contributed by atoms with E-state index in [0.717, 1.165) is 0 Å². The highest BCUT2D eigenvalue weighted by Gasteiger charge is 2.23. The molecule has 0 amide bonds. The molecule has 0 spiro atoms. The summed E-state index contributed by atoms with van der Waals surface area (Å²) in [4.78, 5) is 4.47. The maximum Gasteiger partial charge on any atom is 0.239 e. The molecule has 0 aliphatic rings. The summed E-state index contributed by atoms with van der Waals surface area (Å²) in [6, 6.07) is 11.0. The molecule has 26 heavy (non-hydrogen) atoms. The van der Waals surface area contributed by atoms with Crippen LogP contribution in [0.15, 0.2) is 36.4 Å². The third-order valence-electron chi connectivity index (χ3n) is 3.64. The maximum atomic E-state index is 5.54. The van der Waals surface area contributed by atoms with Gasteiger partial charge in [0.05, 0.1) is 21.3 Å². The third kappa shape index (κ3) is 3.25. The minimum atomic E-state index is 0.489. The standard InChI is InChI=1S/C17H19N5O3S/c1-23-12-8-6-9-13(24-2)15(12)22-16(19-20-17(22)21-26-4)11-7-5-10-14(18-11)25-3/h5-10H,1-4H3,(H,20,21). The topological polar surface area (TPSA) is 83.3 Å². The predicted molar refractivity (Wildman–Crippen MR) is 101 cm³/mol. The van der Waals surface area contributed by atoms with Crippen LogP contribution in [0.1, 0.15) is 0 Å². The molecule has 8 nitrogen and oxygen atoms in total. The van der Waals surface area contributed by atoms with Crippen LogP contribution in [0.5, 0.6) is 17.4 Å². The second kappa shape index (κ2) is 7.96. The van der Waals surface area contributed by atoms with Crippen LogP contribution in [0.2, 0.25) is 0 Å². The Labute approximate surface area is 155 Å². The van der Waals surface area contributed by atoms with Crippen LogP contribution in [-0.4, -0.2) is 47.3 Å². The Kier molecular flexibility index (Phi) is 5.47. The van der Waals surface area contributed by atoms with Crippen LogP contribution < -0.4 is 18.9 Å². The first kappa shape index (κ1) is 17.9. The summed E-state index contributed by atoms with van der Waals surface area (Å²) in [6.45, 7) is 0. The molecule has 0 fully saturated rings. The first-order valence-corrected chi connectivity index (χ1v) is 8.93. The van der Waals surface area contributed by atoms with Crippen LogP contribution >= 0.6 is 11.9 Å². The molecule has 3 rings (SSSR count). The lowest BCUT2D eigenvalue weighted by molar-refractivity contribution is 0.391. The largest absolute Gasteiger partial charge is 0.494 e. The smallest absolute Gasteiger partial charge is 0.239 e. The number of nitrogens with zero attached hydrogens (tertiary/aromatic N) is 4. The van der Waals surface area contributed by atoms with Crippen LogP contribution in [-0.2, 0) is 0 Å². The molecule has 3 aromatic rings. The van der Waals surface area contributed by atoms with Gasteiger partial charge in [-0.05, 0) is 18.2 Å². The number of anilines is 1. The van der Waals surface area contributed by atoms with Crippen molar-refractivity contribution in [1.82, 2.24) is 19.7 Å². The molecule has 0 aliphatic carbocycles. The minimum Gasteiger partial charge on any atom is -0.494 e. The highest BCUT2D eigenvalue weighted by molar-refractivity contribution is 7.99. The summed E-state index contributed by atoms with van der Waals surface area (Å²) in [5.74, 6) is 2.79. The lowest BCUT2D eigenvalue weighted by Crippen LogP contribution is -2.07. The van der Waals surface area contributed by atoms with E-state index in [2.05, 4.69) is 19.9 Å². The van der Waals surface area contributed by atoms with Gasteiger partial charge in [-0.2, -0.15) is 0 Å². The van der Waals surface area contributed by atoms with E-state index in [1.807, 2.05) is 41.2 Å². The molecule has 0 bridgehead atoms. The molecule has 0 radical (unpaired) electrons. The number of pyridine rings is 1. The van der Waals surface area contributed by atoms with E-state index < -0.39 is 0 Å². The Morgan fingerprint density at radius 3 is 2.23 bits per heavy atom. The lowest BCUT2D eigenvalue weighted by Gasteiger charge is -2.17. The van der Waals surface area contributed by atoms with Crippen molar-refractivity contribution in [2.24, 2.45) is 0 Å². The molecule has 0 saturated heterocycles. The van der Waals surface area contributed by atoms with Crippen LogP contribution in [0.4, 0.5) is 5.95 Å². The van der Waals surface area contributed by atoms with Gasteiger partial charge in [0.1, 0.15) is 22.9 Å². The van der Waals surface area contributed by atoms with Crippen molar-refractivity contribution in [1.29, 1.82) is 0 Å². The Bertz CT molecular complexity index is 878. The van der Waals surface area contributed by atoms with E-state index in [9.17, 15) is 0 Å². The Morgan fingerprint density at radius 1 is 0.923 bits per heavy atom. The van der Waals surface area contributed by atoms with E-state index in [4.69, 9.17) is 14.2 Å². The fourth-order valence-corrected chi connectivity index (χ4v) is 2.84. The summed E-state index contributed by atoms with van der Waals surface area (Å²) in [5, 5.41) is 8.57. The highest BCUT2D eigenvalue weighted by Crippen LogP contribution is 2.37. The quantitative estimate of drug-likeness (QED) is 0.633. The molecule has 0 unspecified atom stereocenters. The van der Waals surface area contributed by atoms with Crippen molar-refractivity contribution in [2.45, 2.75) is 0 Å². The minimum absolute atomic E-state index is 0.489. The average Bonchev–Trinajstić information content (AvgIpc) is 3.10. The summed E-state index contributed by atoms with van der Waals surface area (Å²) in [6.07, 6.45) is 1.90. The molecule has 136 valence electrons. The number of ether oxygens (including phenoxy) is 3. The first-order valence-electron chi connectivity index (χ1n) is 7.70. The Balaban J connectivity index is 2.28. The number of hydrogen-bond acceptors (Lipinski definition) is 8. The molecule has 9 heteroatoms. The van der Waals surface area contributed by atoms with E-state index in [-0.39, 0.29) is 0 Å². The fraction of sp³-hybridized carbons (Fsp3) is 0.235. The molecule has 1 aromatic carbocycles. The number of methoxy groups -OCH3 is 3. The van der Waals surface area contributed by atoms with Crippen LogP contribution in [0.25, 0.3) is 17.2 Å². The van der Waals surface area contributed by atoms with Gasteiger partial charge in [0.25, 0.3) is 0 Å². The van der Waals surface area contributed by atoms with E-state index >= 15 is 0 Å². The second-order valence-electron chi connectivity index (χ2n) is 5.07. The molecule has 1 N–H and O–H groups in total. The summed E-state index contributed by atoms with van der Waals surface area (Å²) >= 11 is 1.41. The van der Waals surface area contributed by atoms with Crippen molar-refractivity contribution in [3.05, 3.63) is 36.4 Å². The molecular weight excluding hydrogens is 354 g/mol. The van der Waals surface area contributed by atoms with Crippen LogP contribution in [0.3, 0.4) is 0 Å². The van der Waals surface area contributed by atoms with Crippen LogP contribution in [0, 0.1) is 0 Å². The zero-order valence-corrected chi connectivity index (χ0v) is 15.7. The number of benzene rings is 1.